The van der Waals surface area contributed by atoms with Gasteiger partial charge in [-0.25, -0.2) is 9.97 Å². The maximum Gasteiger partial charge on any atom is 0.238 e. The quantitative estimate of drug-likeness (QED) is 0.151. The standard InChI is InChI=1S/C66H41N9/c1-4-20-42(21-5-1)45-36-38-59-52(40-45)51-30-14-15-31-54(51)73(59)60-39-37-46(63-67-61(43-22-6-2-7-23-43)69-65(71-63)74-55-32-16-10-26-47(55)48-27-11-17-33-56(48)74)41-53(60)64-68-62(44-24-8-3-9-25-44)70-66(72-64)75-57-34-18-12-28-49(57)50-29-13-19-35-58(50)75/h1-41H/i1D,4D,5D,20D,21D. The van der Waals surface area contributed by atoms with Gasteiger partial charge in [0.15, 0.2) is 23.3 Å². The van der Waals surface area contributed by atoms with Gasteiger partial charge >= 0.3 is 0 Å². The molecule has 0 saturated carbocycles. The number of para-hydroxylation sites is 5. The zero-order valence-electron chi connectivity index (χ0n) is 44.8. The predicted octanol–water partition coefficient (Wildman–Crippen LogP) is 15.7. The van der Waals surface area contributed by atoms with Crippen LogP contribution in [0, 0.1) is 0 Å². The molecule has 0 radical (unpaired) electrons. The summed E-state index contributed by atoms with van der Waals surface area (Å²) < 4.78 is 49.5. The Hall–Kier alpha value is -10.4. The average Bonchev–Trinajstić information content (AvgIpc) is 4.37. The molecule has 0 aliphatic carbocycles. The molecule has 0 amide bonds. The van der Waals surface area contributed by atoms with Crippen LogP contribution in [0.5, 0.6) is 0 Å². The summed E-state index contributed by atoms with van der Waals surface area (Å²) in [4.78, 5) is 32.0. The number of hydrogen-bond acceptors (Lipinski definition) is 6. The molecule has 15 aromatic rings. The first-order valence-corrected chi connectivity index (χ1v) is 24.6. The second-order valence-corrected chi connectivity index (χ2v) is 18.4. The number of benzene rings is 10. The topological polar surface area (TPSA) is 92.1 Å². The lowest BCUT2D eigenvalue weighted by Gasteiger charge is -2.17. The van der Waals surface area contributed by atoms with E-state index in [1.807, 2.05) is 152 Å². The molecule has 0 fully saturated rings. The average molecular weight is 965 g/mol. The van der Waals surface area contributed by atoms with Crippen molar-refractivity contribution < 1.29 is 6.85 Å². The second-order valence-electron chi connectivity index (χ2n) is 18.4. The van der Waals surface area contributed by atoms with E-state index in [2.05, 4.69) is 80.4 Å². The monoisotopic (exact) mass is 964 g/mol. The van der Waals surface area contributed by atoms with Crippen LogP contribution >= 0.6 is 0 Å². The molecular formula is C66H41N9. The van der Waals surface area contributed by atoms with Crippen molar-refractivity contribution in [2.24, 2.45) is 0 Å². The Morgan fingerprint density at radius 3 is 1.16 bits per heavy atom. The largest absolute Gasteiger partial charge is 0.309 e. The van der Waals surface area contributed by atoms with E-state index in [0.29, 0.717) is 51.9 Å². The maximum atomic E-state index is 8.91. The number of nitrogens with zero attached hydrogens (tertiary/aromatic N) is 9. The highest BCUT2D eigenvalue weighted by atomic mass is 15.2. The summed E-state index contributed by atoms with van der Waals surface area (Å²) in [5.41, 5.74) is 9.74. The highest BCUT2D eigenvalue weighted by molar-refractivity contribution is 6.12. The third-order valence-electron chi connectivity index (χ3n) is 14.1. The van der Waals surface area contributed by atoms with Crippen molar-refractivity contribution in [3.63, 3.8) is 0 Å². The molecule has 0 spiro atoms. The molecule has 0 unspecified atom stereocenters. The van der Waals surface area contributed by atoms with Gasteiger partial charge in [0.25, 0.3) is 0 Å². The van der Waals surface area contributed by atoms with E-state index in [-0.39, 0.29) is 17.6 Å². The van der Waals surface area contributed by atoms with Gasteiger partial charge in [-0.2, -0.15) is 19.9 Å². The summed E-state index contributed by atoms with van der Waals surface area (Å²) >= 11 is 0. The van der Waals surface area contributed by atoms with E-state index in [1.165, 1.54) is 0 Å². The first-order valence-electron chi connectivity index (χ1n) is 27.1. The summed E-state index contributed by atoms with van der Waals surface area (Å²) in [6.45, 7) is 0. The molecule has 15 rings (SSSR count). The third kappa shape index (κ3) is 6.94. The van der Waals surface area contributed by atoms with Gasteiger partial charge < -0.3 is 4.57 Å². The Morgan fingerprint density at radius 1 is 0.267 bits per heavy atom. The lowest BCUT2D eigenvalue weighted by Crippen LogP contribution is -2.09. The lowest BCUT2D eigenvalue weighted by molar-refractivity contribution is 0.949. The van der Waals surface area contributed by atoms with E-state index >= 15 is 0 Å². The Balaban J connectivity index is 1.03. The Kier molecular flexibility index (Phi) is 8.55. The zero-order valence-corrected chi connectivity index (χ0v) is 39.8. The smallest absolute Gasteiger partial charge is 0.238 e. The number of hydrogen-bond donors (Lipinski definition) is 0. The van der Waals surface area contributed by atoms with Gasteiger partial charge in [0.05, 0.1) is 45.6 Å². The highest BCUT2D eigenvalue weighted by Crippen LogP contribution is 2.41. The fourth-order valence-electron chi connectivity index (χ4n) is 10.7. The minimum atomic E-state index is -0.441. The molecule has 5 aromatic heterocycles. The van der Waals surface area contributed by atoms with Crippen molar-refractivity contribution in [3.05, 3.63) is 249 Å². The van der Waals surface area contributed by atoms with Gasteiger partial charge in [-0.3, -0.25) is 9.13 Å². The van der Waals surface area contributed by atoms with Gasteiger partial charge in [-0.15, -0.1) is 0 Å². The predicted molar refractivity (Wildman–Crippen MR) is 303 cm³/mol. The van der Waals surface area contributed by atoms with Gasteiger partial charge in [-0.1, -0.05) is 188 Å². The minimum Gasteiger partial charge on any atom is -0.309 e. The normalized spacial score (nSPS) is 12.7. The first kappa shape index (κ1) is 37.4. The Morgan fingerprint density at radius 2 is 0.653 bits per heavy atom. The van der Waals surface area contributed by atoms with Gasteiger partial charge in [0.2, 0.25) is 11.9 Å². The van der Waals surface area contributed by atoms with Crippen molar-refractivity contribution in [2.75, 3.05) is 0 Å². The SMILES string of the molecule is [2H]c1c([2H])c([2H])c(-c2ccc3c(c2)c2ccccc2n3-c2ccc(-c3nc(-c4ccccc4)nc(-n4c5ccccc5c5ccccc54)n3)cc2-c2nc(-c3ccccc3)nc(-n3c4ccccc4c4ccccc43)n2)c([2H])c1[2H]. The molecule has 5 heterocycles. The van der Waals surface area contributed by atoms with Crippen molar-refractivity contribution in [3.8, 4) is 74.3 Å². The molecule has 9 heteroatoms. The second kappa shape index (κ2) is 17.1. The summed E-state index contributed by atoms with van der Waals surface area (Å²) in [6.07, 6.45) is 0. The van der Waals surface area contributed by atoms with Crippen molar-refractivity contribution in [2.45, 2.75) is 0 Å². The van der Waals surface area contributed by atoms with Crippen LogP contribution in [0.3, 0.4) is 0 Å². The van der Waals surface area contributed by atoms with E-state index in [4.69, 9.17) is 36.8 Å². The summed E-state index contributed by atoms with van der Waals surface area (Å²) in [5.74, 6) is 2.65. The van der Waals surface area contributed by atoms with E-state index in [1.54, 1.807) is 0 Å². The third-order valence-corrected chi connectivity index (χ3v) is 14.1. The van der Waals surface area contributed by atoms with Crippen LogP contribution in [-0.2, 0) is 0 Å². The highest BCUT2D eigenvalue weighted by Gasteiger charge is 2.24. The Bertz CT molecular complexity index is 4900. The van der Waals surface area contributed by atoms with Crippen LogP contribution < -0.4 is 0 Å². The fraction of sp³-hybridized carbons (Fsp3) is 0. The molecule has 9 nitrogen and oxygen atoms in total. The first-order chi connectivity index (χ1) is 39.3. The van der Waals surface area contributed by atoms with Crippen LogP contribution in [0.25, 0.3) is 140 Å². The summed E-state index contributed by atoms with van der Waals surface area (Å²) in [5, 5.41) is 5.97. The number of rotatable bonds is 8. The van der Waals surface area contributed by atoms with E-state index in [0.717, 1.165) is 82.2 Å². The summed E-state index contributed by atoms with van der Waals surface area (Å²) in [6, 6.07) is 71.1. The van der Waals surface area contributed by atoms with E-state index in [9.17, 15) is 0 Å². The molecule has 0 aliphatic rings. The van der Waals surface area contributed by atoms with Gasteiger partial charge in [-0.05, 0) is 71.8 Å². The van der Waals surface area contributed by atoms with Crippen LogP contribution in [0.1, 0.15) is 6.85 Å². The molecule has 0 bridgehead atoms. The van der Waals surface area contributed by atoms with Crippen molar-refractivity contribution in [1.82, 2.24) is 43.6 Å². The van der Waals surface area contributed by atoms with Crippen LogP contribution in [0.2, 0.25) is 0 Å². The van der Waals surface area contributed by atoms with Crippen molar-refractivity contribution in [1.29, 1.82) is 0 Å². The molecule has 0 atom stereocenters. The summed E-state index contributed by atoms with van der Waals surface area (Å²) in [7, 11) is 0. The van der Waals surface area contributed by atoms with Gasteiger partial charge in [0.1, 0.15) is 0 Å². The van der Waals surface area contributed by atoms with E-state index < -0.39 is 18.1 Å². The zero-order chi connectivity index (χ0) is 53.8. The Labute approximate surface area is 437 Å². The molecule has 0 saturated heterocycles. The molecule has 0 aliphatic heterocycles. The molecule has 350 valence electrons. The molecule has 10 aromatic carbocycles. The lowest BCUT2D eigenvalue weighted by atomic mass is 10.0. The number of fused-ring (bicyclic) bond motifs is 9. The van der Waals surface area contributed by atoms with Crippen LogP contribution in [0.15, 0.2) is 249 Å². The molecule has 75 heavy (non-hydrogen) atoms. The fourth-order valence-corrected chi connectivity index (χ4v) is 10.7. The van der Waals surface area contributed by atoms with Gasteiger partial charge in [0, 0.05) is 54.6 Å². The molecular weight excluding hydrogens is 919 g/mol. The maximum absolute atomic E-state index is 8.91. The van der Waals surface area contributed by atoms with Crippen LogP contribution in [0.4, 0.5) is 0 Å². The molecule has 0 N–H and O–H groups in total. The van der Waals surface area contributed by atoms with Crippen LogP contribution in [-0.4, -0.2) is 43.6 Å². The number of aromatic nitrogens is 9. The van der Waals surface area contributed by atoms with Crippen molar-refractivity contribution >= 4 is 65.4 Å². The minimum absolute atomic E-state index is 0.128.